The van der Waals surface area contributed by atoms with E-state index in [1.165, 1.54) is 11.3 Å². The number of nitrogens with one attached hydrogen (secondary N) is 1. The largest absolute Gasteiger partial charge is 0.341 e. The lowest BCUT2D eigenvalue weighted by Crippen LogP contribution is -2.42. The van der Waals surface area contributed by atoms with Crippen molar-refractivity contribution >= 4 is 28.1 Å². The van der Waals surface area contributed by atoms with Gasteiger partial charge < -0.3 is 10.2 Å². The molecule has 3 heterocycles. The molecule has 7 heteroatoms. The fraction of sp³-hybridized carbons (Fsp3) is 0.381. The van der Waals surface area contributed by atoms with E-state index in [0.717, 1.165) is 55.0 Å². The normalized spacial score (nSPS) is 17.8. The number of hydrogen-bond donors (Lipinski definition) is 1. The second-order valence-electron chi connectivity index (χ2n) is 7.53. The lowest BCUT2D eigenvalue weighted by Gasteiger charge is -2.24. The number of carbonyl (C=O) groups excluding carboxylic acids is 2. The van der Waals surface area contributed by atoms with Crippen LogP contribution in [0.25, 0.3) is 4.96 Å². The topological polar surface area (TPSA) is 66.7 Å². The van der Waals surface area contributed by atoms with E-state index in [2.05, 4.69) is 10.3 Å². The maximum atomic E-state index is 13.3. The van der Waals surface area contributed by atoms with Crippen LogP contribution < -0.4 is 5.32 Å². The summed E-state index contributed by atoms with van der Waals surface area (Å²) < 4.78 is 1.86. The molecule has 2 fully saturated rings. The van der Waals surface area contributed by atoms with Gasteiger partial charge in [0, 0.05) is 30.6 Å². The highest BCUT2D eigenvalue weighted by molar-refractivity contribution is 7.15. The van der Waals surface area contributed by atoms with E-state index in [1.54, 1.807) is 0 Å². The second-order valence-corrected chi connectivity index (χ2v) is 8.40. The fourth-order valence-electron chi connectivity index (χ4n) is 3.92. The predicted octanol–water partition coefficient (Wildman–Crippen LogP) is 3.37. The van der Waals surface area contributed by atoms with Crippen LogP contribution >= 0.6 is 11.3 Å². The van der Waals surface area contributed by atoms with E-state index < -0.39 is 6.04 Å². The molecule has 1 atom stereocenters. The lowest BCUT2D eigenvalue weighted by atomic mass is 10.0. The van der Waals surface area contributed by atoms with E-state index in [4.69, 9.17) is 0 Å². The van der Waals surface area contributed by atoms with Gasteiger partial charge in [0.05, 0.1) is 5.69 Å². The predicted molar refractivity (Wildman–Crippen MR) is 108 cm³/mol. The van der Waals surface area contributed by atoms with Gasteiger partial charge in [-0.1, -0.05) is 30.3 Å². The van der Waals surface area contributed by atoms with Crippen molar-refractivity contribution in [1.29, 1.82) is 0 Å². The molecule has 5 rings (SSSR count). The number of rotatable bonds is 5. The number of thiazole rings is 1. The summed E-state index contributed by atoms with van der Waals surface area (Å²) in [6.45, 7) is 1.51. The maximum absolute atomic E-state index is 13.3. The Bertz CT molecular complexity index is 1020. The van der Waals surface area contributed by atoms with Crippen molar-refractivity contribution in [2.75, 3.05) is 13.1 Å². The quantitative estimate of drug-likeness (QED) is 0.722. The molecule has 0 radical (unpaired) electrons. The average Bonchev–Trinajstić information content (AvgIpc) is 3.11. The standard InChI is InChI=1S/C21H22N4O2S/c26-19(18-16(15-8-9-15)23-21-25(18)12-13-28-21)22-17(14-6-2-1-3-7-14)20(27)24-10-4-5-11-24/h1-3,6-7,12-13,15,17H,4-5,8-11H2,(H,22,26). The molecule has 1 aliphatic heterocycles. The van der Waals surface area contributed by atoms with E-state index >= 15 is 0 Å². The molecule has 1 aliphatic carbocycles. The van der Waals surface area contributed by atoms with Crippen LogP contribution in [0.4, 0.5) is 0 Å². The molecule has 1 aromatic carbocycles. The molecular weight excluding hydrogens is 372 g/mol. The fourth-order valence-corrected chi connectivity index (χ4v) is 4.64. The first kappa shape index (κ1) is 17.4. The minimum Gasteiger partial charge on any atom is -0.341 e. The number of imidazole rings is 1. The minimum absolute atomic E-state index is 0.0314. The molecule has 6 nitrogen and oxygen atoms in total. The van der Waals surface area contributed by atoms with Crippen molar-refractivity contribution in [1.82, 2.24) is 19.6 Å². The van der Waals surface area contributed by atoms with Crippen LogP contribution in [0.2, 0.25) is 0 Å². The highest BCUT2D eigenvalue weighted by atomic mass is 32.1. The molecule has 1 N–H and O–H groups in total. The number of aromatic nitrogens is 2. The van der Waals surface area contributed by atoms with Crippen LogP contribution in [0.3, 0.4) is 0 Å². The molecule has 1 saturated heterocycles. The van der Waals surface area contributed by atoms with E-state index in [-0.39, 0.29) is 11.8 Å². The first-order valence-electron chi connectivity index (χ1n) is 9.82. The third-order valence-corrected chi connectivity index (χ3v) is 6.30. The first-order valence-corrected chi connectivity index (χ1v) is 10.7. The summed E-state index contributed by atoms with van der Waals surface area (Å²) in [4.78, 5) is 33.9. The number of nitrogens with zero attached hydrogens (tertiary/aromatic N) is 3. The van der Waals surface area contributed by atoms with Crippen molar-refractivity contribution in [3.05, 3.63) is 58.9 Å². The SMILES string of the molecule is O=C(NC(C(=O)N1CCCC1)c1ccccc1)c1c(C2CC2)nc2sccn12. The smallest absolute Gasteiger partial charge is 0.271 e. The van der Waals surface area contributed by atoms with Crippen molar-refractivity contribution in [3.8, 4) is 0 Å². The Kier molecular flexibility index (Phi) is 4.39. The van der Waals surface area contributed by atoms with Gasteiger partial charge in [-0.15, -0.1) is 11.3 Å². The summed E-state index contributed by atoms with van der Waals surface area (Å²) in [6, 6.07) is 8.84. The zero-order valence-electron chi connectivity index (χ0n) is 15.5. The number of carbonyl (C=O) groups is 2. The third-order valence-electron chi connectivity index (χ3n) is 5.54. The van der Waals surface area contributed by atoms with Crippen molar-refractivity contribution in [3.63, 3.8) is 0 Å². The second kappa shape index (κ2) is 7.05. The van der Waals surface area contributed by atoms with Gasteiger partial charge in [-0.3, -0.25) is 14.0 Å². The molecule has 1 saturated carbocycles. The lowest BCUT2D eigenvalue weighted by molar-refractivity contribution is -0.132. The van der Waals surface area contributed by atoms with Crippen LogP contribution in [-0.2, 0) is 4.79 Å². The summed E-state index contributed by atoms with van der Waals surface area (Å²) >= 11 is 1.52. The number of amides is 2. The molecule has 3 aromatic rings. The monoisotopic (exact) mass is 394 g/mol. The van der Waals surface area contributed by atoms with Crippen LogP contribution in [0, 0.1) is 0 Å². The summed E-state index contributed by atoms with van der Waals surface area (Å²) in [5, 5.41) is 4.96. The summed E-state index contributed by atoms with van der Waals surface area (Å²) in [7, 11) is 0. The molecule has 0 spiro atoms. The molecule has 28 heavy (non-hydrogen) atoms. The Morgan fingerprint density at radius 2 is 1.89 bits per heavy atom. The van der Waals surface area contributed by atoms with Gasteiger partial charge in [0.1, 0.15) is 11.7 Å². The average molecular weight is 395 g/mol. The van der Waals surface area contributed by atoms with Gasteiger partial charge in [-0.2, -0.15) is 0 Å². The Morgan fingerprint density at radius 1 is 1.14 bits per heavy atom. The summed E-state index contributed by atoms with van der Waals surface area (Å²) in [5.74, 6) is 0.0996. The molecule has 1 unspecified atom stereocenters. The maximum Gasteiger partial charge on any atom is 0.271 e. The first-order chi connectivity index (χ1) is 13.7. The van der Waals surface area contributed by atoms with E-state index in [9.17, 15) is 9.59 Å². The number of benzene rings is 1. The van der Waals surface area contributed by atoms with Crippen LogP contribution in [0.15, 0.2) is 41.9 Å². The molecular formula is C21H22N4O2S. The molecule has 144 valence electrons. The number of likely N-dealkylation sites (tertiary alicyclic amines) is 1. The highest BCUT2D eigenvalue weighted by Gasteiger charge is 2.35. The Hall–Kier alpha value is -2.67. The number of hydrogen-bond acceptors (Lipinski definition) is 4. The van der Waals surface area contributed by atoms with Gasteiger partial charge in [0.2, 0.25) is 5.91 Å². The van der Waals surface area contributed by atoms with Crippen LogP contribution in [0.1, 0.15) is 59.4 Å². The van der Waals surface area contributed by atoms with Gasteiger partial charge in [-0.25, -0.2) is 4.98 Å². The van der Waals surface area contributed by atoms with Crippen LogP contribution in [-0.4, -0.2) is 39.2 Å². The van der Waals surface area contributed by atoms with Crippen molar-refractivity contribution in [2.24, 2.45) is 0 Å². The van der Waals surface area contributed by atoms with Crippen molar-refractivity contribution < 1.29 is 9.59 Å². The van der Waals surface area contributed by atoms with Crippen LogP contribution in [0.5, 0.6) is 0 Å². The van der Waals surface area contributed by atoms with E-state index in [1.807, 2.05) is 51.2 Å². The Balaban J connectivity index is 1.49. The highest BCUT2D eigenvalue weighted by Crippen LogP contribution is 2.42. The van der Waals surface area contributed by atoms with Crippen molar-refractivity contribution in [2.45, 2.75) is 37.6 Å². The van der Waals surface area contributed by atoms with Gasteiger partial charge in [-0.05, 0) is 31.2 Å². The van der Waals surface area contributed by atoms with Gasteiger partial charge in [0.15, 0.2) is 4.96 Å². The Labute approximate surface area is 167 Å². The zero-order valence-corrected chi connectivity index (χ0v) is 16.3. The third kappa shape index (κ3) is 3.09. The van der Waals surface area contributed by atoms with Gasteiger partial charge >= 0.3 is 0 Å². The molecule has 2 aromatic heterocycles. The van der Waals surface area contributed by atoms with E-state index in [0.29, 0.717) is 11.6 Å². The number of fused-ring (bicyclic) bond motifs is 1. The molecule has 2 amide bonds. The molecule has 2 aliphatic rings. The minimum atomic E-state index is -0.678. The van der Waals surface area contributed by atoms with Gasteiger partial charge in [0.25, 0.3) is 5.91 Å². The zero-order chi connectivity index (χ0) is 19.1. The Morgan fingerprint density at radius 3 is 2.61 bits per heavy atom. The molecule has 0 bridgehead atoms. The summed E-state index contributed by atoms with van der Waals surface area (Å²) in [5.41, 5.74) is 2.26. The summed E-state index contributed by atoms with van der Waals surface area (Å²) in [6.07, 6.45) is 6.06.